The largest absolute Gasteiger partial charge is 0.497 e. The molecule has 0 spiro atoms. The number of hydrogen-bond donors (Lipinski definition) is 2. The minimum atomic E-state index is 0.608. The van der Waals surface area contributed by atoms with Crippen molar-refractivity contribution in [2.75, 3.05) is 24.4 Å². The average molecular weight is 350 g/mol. The molecule has 3 rings (SSSR count). The molecule has 0 unspecified atom stereocenters. The van der Waals surface area contributed by atoms with Gasteiger partial charge in [-0.15, -0.1) is 0 Å². The zero-order valence-corrected chi connectivity index (χ0v) is 14.9. The number of nitrogens with one attached hydrogen (secondary N) is 2. The first-order valence-corrected chi connectivity index (χ1v) is 8.46. The van der Waals surface area contributed by atoms with Crippen molar-refractivity contribution in [2.24, 2.45) is 0 Å². The smallest absolute Gasteiger partial charge is 0.142 e. The standard InChI is InChI=1S/C20H22N4O2/c1-3-26-18-7-5-4-6-17(18)24-20-12-19(22-14-23-20)21-13-15-8-10-16(25-2)11-9-15/h4-12,14H,3,13H2,1-2H3,(H2,21,22,23,24). The second-order valence-corrected chi connectivity index (χ2v) is 5.54. The van der Waals surface area contributed by atoms with E-state index in [1.54, 1.807) is 7.11 Å². The highest BCUT2D eigenvalue weighted by Crippen LogP contribution is 2.27. The third-order valence-electron chi connectivity index (χ3n) is 3.75. The van der Waals surface area contributed by atoms with Crippen LogP contribution >= 0.6 is 0 Å². The number of nitrogens with zero attached hydrogens (tertiary/aromatic N) is 2. The summed E-state index contributed by atoms with van der Waals surface area (Å²) in [6.07, 6.45) is 1.53. The van der Waals surface area contributed by atoms with Gasteiger partial charge in [-0.1, -0.05) is 24.3 Å². The lowest BCUT2D eigenvalue weighted by molar-refractivity contribution is 0.342. The van der Waals surface area contributed by atoms with Crippen LogP contribution < -0.4 is 20.1 Å². The van der Waals surface area contributed by atoms with Crippen LogP contribution in [0, 0.1) is 0 Å². The highest BCUT2D eigenvalue weighted by molar-refractivity contribution is 5.65. The fourth-order valence-electron chi connectivity index (χ4n) is 2.45. The SMILES string of the molecule is CCOc1ccccc1Nc1cc(NCc2ccc(OC)cc2)ncn1. The van der Waals surface area contributed by atoms with Crippen molar-refractivity contribution in [2.45, 2.75) is 13.5 Å². The summed E-state index contributed by atoms with van der Waals surface area (Å²) < 4.78 is 10.8. The van der Waals surface area contributed by atoms with E-state index >= 15 is 0 Å². The summed E-state index contributed by atoms with van der Waals surface area (Å²) >= 11 is 0. The van der Waals surface area contributed by atoms with Crippen molar-refractivity contribution < 1.29 is 9.47 Å². The van der Waals surface area contributed by atoms with Gasteiger partial charge in [0.05, 0.1) is 19.4 Å². The van der Waals surface area contributed by atoms with Gasteiger partial charge in [-0.2, -0.15) is 0 Å². The summed E-state index contributed by atoms with van der Waals surface area (Å²) in [5, 5.41) is 6.58. The molecule has 6 nitrogen and oxygen atoms in total. The normalized spacial score (nSPS) is 10.2. The Morgan fingerprint density at radius 3 is 2.50 bits per heavy atom. The number of methoxy groups -OCH3 is 1. The van der Waals surface area contributed by atoms with Gasteiger partial charge in [-0.25, -0.2) is 9.97 Å². The van der Waals surface area contributed by atoms with Crippen LogP contribution in [-0.2, 0) is 6.54 Å². The van der Waals surface area contributed by atoms with E-state index in [0.29, 0.717) is 19.0 Å². The first-order valence-electron chi connectivity index (χ1n) is 8.46. The van der Waals surface area contributed by atoms with E-state index in [-0.39, 0.29) is 0 Å². The molecule has 134 valence electrons. The Labute approximate surface area is 153 Å². The van der Waals surface area contributed by atoms with Crippen LogP contribution in [-0.4, -0.2) is 23.7 Å². The molecule has 0 fully saturated rings. The third kappa shape index (κ3) is 4.63. The number of para-hydroxylation sites is 2. The quantitative estimate of drug-likeness (QED) is 0.633. The maximum absolute atomic E-state index is 5.63. The molecule has 6 heteroatoms. The minimum Gasteiger partial charge on any atom is -0.497 e. The van der Waals surface area contributed by atoms with Gasteiger partial charge in [0.1, 0.15) is 29.5 Å². The molecule has 0 aliphatic carbocycles. The molecule has 0 amide bonds. The maximum atomic E-state index is 5.63. The zero-order chi connectivity index (χ0) is 18.2. The molecule has 0 saturated heterocycles. The molecule has 2 aromatic carbocycles. The number of aromatic nitrogens is 2. The first kappa shape index (κ1) is 17.5. The van der Waals surface area contributed by atoms with Gasteiger partial charge in [0.2, 0.25) is 0 Å². The molecule has 26 heavy (non-hydrogen) atoms. The lowest BCUT2D eigenvalue weighted by Crippen LogP contribution is -2.04. The van der Waals surface area contributed by atoms with E-state index in [1.807, 2.05) is 61.5 Å². The minimum absolute atomic E-state index is 0.608. The topological polar surface area (TPSA) is 68.3 Å². The van der Waals surface area contributed by atoms with Gasteiger partial charge in [-0.05, 0) is 36.8 Å². The maximum Gasteiger partial charge on any atom is 0.142 e. The molecule has 0 radical (unpaired) electrons. The molecule has 3 aromatic rings. The van der Waals surface area contributed by atoms with Crippen LogP contribution in [0.2, 0.25) is 0 Å². The number of anilines is 3. The van der Waals surface area contributed by atoms with Crippen molar-refractivity contribution in [1.82, 2.24) is 9.97 Å². The van der Waals surface area contributed by atoms with Gasteiger partial charge in [0.15, 0.2) is 0 Å². The van der Waals surface area contributed by atoms with E-state index in [0.717, 1.165) is 28.6 Å². The Bertz CT molecular complexity index is 837. The van der Waals surface area contributed by atoms with E-state index < -0.39 is 0 Å². The van der Waals surface area contributed by atoms with Gasteiger partial charge in [0, 0.05) is 12.6 Å². The van der Waals surface area contributed by atoms with E-state index in [2.05, 4.69) is 20.6 Å². The van der Waals surface area contributed by atoms with Crippen LogP contribution in [0.5, 0.6) is 11.5 Å². The molecule has 1 heterocycles. The lowest BCUT2D eigenvalue weighted by atomic mass is 10.2. The van der Waals surface area contributed by atoms with Crippen molar-refractivity contribution in [1.29, 1.82) is 0 Å². The Hall–Kier alpha value is -3.28. The molecule has 2 N–H and O–H groups in total. The summed E-state index contributed by atoms with van der Waals surface area (Å²) in [5.41, 5.74) is 2.01. The highest BCUT2D eigenvalue weighted by Gasteiger charge is 2.05. The Morgan fingerprint density at radius 1 is 0.962 bits per heavy atom. The second-order valence-electron chi connectivity index (χ2n) is 5.54. The van der Waals surface area contributed by atoms with Crippen molar-refractivity contribution in [3.05, 3.63) is 66.5 Å². The van der Waals surface area contributed by atoms with Gasteiger partial charge >= 0.3 is 0 Å². The predicted octanol–water partition coefficient (Wildman–Crippen LogP) is 4.24. The number of hydrogen-bond acceptors (Lipinski definition) is 6. The molecule has 1 aromatic heterocycles. The van der Waals surface area contributed by atoms with Crippen LogP contribution in [0.15, 0.2) is 60.9 Å². The van der Waals surface area contributed by atoms with Gasteiger partial charge < -0.3 is 20.1 Å². The molecular formula is C20H22N4O2. The number of ether oxygens (including phenoxy) is 2. The fraction of sp³-hybridized carbons (Fsp3) is 0.200. The van der Waals surface area contributed by atoms with Crippen molar-refractivity contribution >= 4 is 17.3 Å². The van der Waals surface area contributed by atoms with Crippen molar-refractivity contribution in [3.63, 3.8) is 0 Å². The summed E-state index contributed by atoms with van der Waals surface area (Å²) in [6.45, 7) is 3.23. The van der Waals surface area contributed by atoms with Crippen LogP contribution in [0.1, 0.15) is 12.5 Å². The molecule has 0 aliphatic heterocycles. The second kappa shape index (κ2) is 8.71. The lowest BCUT2D eigenvalue weighted by Gasteiger charge is -2.12. The molecule has 0 saturated carbocycles. The highest BCUT2D eigenvalue weighted by atomic mass is 16.5. The van der Waals surface area contributed by atoms with E-state index in [1.165, 1.54) is 6.33 Å². The third-order valence-corrected chi connectivity index (χ3v) is 3.75. The van der Waals surface area contributed by atoms with Crippen molar-refractivity contribution in [3.8, 4) is 11.5 Å². The van der Waals surface area contributed by atoms with Crippen LogP contribution in [0.25, 0.3) is 0 Å². The van der Waals surface area contributed by atoms with E-state index in [9.17, 15) is 0 Å². The Balaban J connectivity index is 1.66. The average Bonchev–Trinajstić information content (AvgIpc) is 2.69. The monoisotopic (exact) mass is 350 g/mol. The van der Waals surface area contributed by atoms with Gasteiger partial charge in [0.25, 0.3) is 0 Å². The fourth-order valence-corrected chi connectivity index (χ4v) is 2.45. The number of benzene rings is 2. The summed E-state index contributed by atoms with van der Waals surface area (Å²) in [6, 6.07) is 17.6. The van der Waals surface area contributed by atoms with E-state index in [4.69, 9.17) is 9.47 Å². The summed E-state index contributed by atoms with van der Waals surface area (Å²) in [4.78, 5) is 8.55. The molecule has 0 atom stereocenters. The van der Waals surface area contributed by atoms with Crippen LogP contribution in [0.3, 0.4) is 0 Å². The first-order chi connectivity index (χ1) is 12.8. The zero-order valence-electron chi connectivity index (χ0n) is 14.9. The molecule has 0 bridgehead atoms. The molecule has 0 aliphatic rings. The Morgan fingerprint density at radius 2 is 1.73 bits per heavy atom. The summed E-state index contributed by atoms with van der Waals surface area (Å²) in [7, 11) is 1.66. The molecular weight excluding hydrogens is 328 g/mol. The predicted molar refractivity (Wildman–Crippen MR) is 103 cm³/mol. The number of rotatable bonds is 8. The summed E-state index contributed by atoms with van der Waals surface area (Å²) in [5.74, 6) is 3.08. The van der Waals surface area contributed by atoms with Crippen LogP contribution in [0.4, 0.5) is 17.3 Å². The Kier molecular flexibility index (Phi) is 5.88. The van der Waals surface area contributed by atoms with Gasteiger partial charge in [-0.3, -0.25) is 0 Å².